The van der Waals surface area contributed by atoms with E-state index in [2.05, 4.69) is 46.3 Å². The Bertz CT molecular complexity index is 1040. The fraction of sp³-hybridized carbons (Fsp3) is 0.0667. The van der Waals surface area contributed by atoms with Gasteiger partial charge in [0, 0.05) is 37.5 Å². The highest BCUT2D eigenvalue weighted by molar-refractivity contribution is 9.10. The van der Waals surface area contributed by atoms with Crippen molar-refractivity contribution in [2.45, 2.75) is 6.54 Å². The predicted molar refractivity (Wildman–Crippen MR) is 91.0 cm³/mol. The van der Waals surface area contributed by atoms with Crippen LogP contribution in [0.4, 0.5) is 0 Å². The molecule has 124 valence electrons. The zero-order valence-electron chi connectivity index (χ0n) is 12.7. The van der Waals surface area contributed by atoms with Gasteiger partial charge in [-0.3, -0.25) is 9.36 Å². The highest BCUT2D eigenvalue weighted by Crippen LogP contribution is 2.09. The molecule has 1 N–H and O–H groups in total. The lowest BCUT2D eigenvalue weighted by Gasteiger charge is -2.05. The molecular formula is C15H11BrN8O. The number of pyridine rings is 1. The molecule has 25 heavy (non-hydrogen) atoms. The van der Waals surface area contributed by atoms with Crippen molar-refractivity contribution in [2.24, 2.45) is 0 Å². The van der Waals surface area contributed by atoms with Crippen molar-refractivity contribution in [1.82, 2.24) is 39.4 Å². The summed E-state index contributed by atoms with van der Waals surface area (Å²) in [4.78, 5) is 28.7. The Morgan fingerprint density at radius 2 is 2.20 bits per heavy atom. The molecule has 0 aromatic carbocycles. The van der Waals surface area contributed by atoms with E-state index in [-0.39, 0.29) is 11.7 Å². The summed E-state index contributed by atoms with van der Waals surface area (Å²) in [5.41, 5.74) is 0.900. The van der Waals surface area contributed by atoms with Crippen molar-refractivity contribution in [1.29, 1.82) is 0 Å². The number of carbonyl (C=O) groups excluding carboxylic acids is 1. The number of fused-ring (bicyclic) bond motifs is 1. The molecule has 0 saturated carbocycles. The van der Waals surface area contributed by atoms with E-state index in [9.17, 15) is 4.79 Å². The summed E-state index contributed by atoms with van der Waals surface area (Å²) in [5.74, 6) is 0.779. The van der Waals surface area contributed by atoms with Crippen LogP contribution >= 0.6 is 15.9 Å². The second-order valence-electron chi connectivity index (χ2n) is 5.13. The monoisotopic (exact) mass is 398 g/mol. The van der Waals surface area contributed by atoms with Crippen LogP contribution < -0.4 is 5.32 Å². The van der Waals surface area contributed by atoms with E-state index in [0.29, 0.717) is 12.3 Å². The van der Waals surface area contributed by atoms with Crippen LogP contribution in [0.3, 0.4) is 0 Å². The topological polar surface area (TPSA) is 103 Å². The Kier molecular flexibility index (Phi) is 3.94. The fourth-order valence-electron chi connectivity index (χ4n) is 2.22. The lowest BCUT2D eigenvalue weighted by molar-refractivity contribution is 0.0940. The van der Waals surface area contributed by atoms with E-state index in [1.54, 1.807) is 41.9 Å². The van der Waals surface area contributed by atoms with Gasteiger partial charge in [-0.25, -0.2) is 19.5 Å². The molecule has 0 bridgehead atoms. The molecule has 0 aliphatic rings. The number of nitrogens with one attached hydrogen (secondary N) is 1. The molecule has 0 unspecified atom stereocenters. The van der Waals surface area contributed by atoms with Gasteiger partial charge in [0.2, 0.25) is 5.82 Å². The standard InChI is InChI=1S/C15H11BrN8O/c16-11-7-20-15-21-13(22-24(15)8-11)14(25)19-6-10-1-2-18-12(5-10)23-4-3-17-9-23/h1-5,7-9H,6H2,(H,19,25). The number of halogens is 1. The molecule has 4 aromatic heterocycles. The largest absolute Gasteiger partial charge is 0.345 e. The molecule has 9 nitrogen and oxygen atoms in total. The summed E-state index contributed by atoms with van der Waals surface area (Å²) in [7, 11) is 0. The Balaban J connectivity index is 1.48. The summed E-state index contributed by atoms with van der Waals surface area (Å²) < 4.78 is 3.99. The van der Waals surface area contributed by atoms with Gasteiger partial charge in [-0.2, -0.15) is 4.98 Å². The van der Waals surface area contributed by atoms with E-state index in [0.717, 1.165) is 15.9 Å². The number of hydrogen-bond acceptors (Lipinski definition) is 6. The summed E-state index contributed by atoms with van der Waals surface area (Å²) in [5, 5.41) is 6.91. The number of hydrogen-bond donors (Lipinski definition) is 1. The maximum atomic E-state index is 12.3. The molecule has 4 aromatic rings. The highest BCUT2D eigenvalue weighted by atomic mass is 79.9. The van der Waals surface area contributed by atoms with E-state index in [1.165, 1.54) is 4.52 Å². The molecular weight excluding hydrogens is 388 g/mol. The molecule has 0 atom stereocenters. The van der Waals surface area contributed by atoms with E-state index in [4.69, 9.17) is 0 Å². The van der Waals surface area contributed by atoms with E-state index >= 15 is 0 Å². The van der Waals surface area contributed by atoms with E-state index < -0.39 is 0 Å². The van der Waals surface area contributed by atoms with Crippen LogP contribution in [-0.2, 0) is 6.54 Å². The van der Waals surface area contributed by atoms with Crippen LogP contribution in [0.1, 0.15) is 16.2 Å². The molecule has 0 aliphatic heterocycles. The van der Waals surface area contributed by atoms with Gasteiger partial charge in [0.15, 0.2) is 0 Å². The maximum absolute atomic E-state index is 12.3. The molecule has 0 fully saturated rings. The summed E-state index contributed by atoms with van der Waals surface area (Å²) in [6, 6.07) is 3.70. The number of amides is 1. The van der Waals surface area contributed by atoms with Gasteiger partial charge in [-0.15, -0.1) is 5.10 Å². The van der Waals surface area contributed by atoms with Crippen LogP contribution in [0.2, 0.25) is 0 Å². The predicted octanol–water partition coefficient (Wildman–Crippen LogP) is 1.40. The van der Waals surface area contributed by atoms with Crippen molar-refractivity contribution in [3.63, 3.8) is 0 Å². The van der Waals surface area contributed by atoms with Gasteiger partial charge in [-0.05, 0) is 33.6 Å². The average Bonchev–Trinajstić information content (AvgIpc) is 3.29. The van der Waals surface area contributed by atoms with Crippen LogP contribution in [0.5, 0.6) is 0 Å². The van der Waals surface area contributed by atoms with Gasteiger partial charge in [0.25, 0.3) is 11.7 Å². The Morgan fingerprint density at radius 1 is 1.28 bits per heavy atom. The molecule has 10 heteroatoms. The van der Waals surface area contributed by atoms with Gasteiger partial charge in [-0.1, -0.05) is 0 Å². The first-order valence-electron chi connectivity index (χ1n) is 7.28. The minimum atomic E-state index is -0.373. The summed E-state index contributed by atoms with van der Waals surface area (Å²) in [6.07, 6.45) is 10.1. The zero-order valence-corrected chi connectivity index (χ0v) is 14.3. The van der Waals surface area contributed by atoms with Crippen molar-refractivity contribution in [3.05, 3.63) is 65.3 Å². The summed E-state index contributed by atoms with van der Waals surface area (Å²) in [6.45, 7) is 0.329. The lowest BCUT2D eigenvalue weighted by atomic mass is 10.2. The number of imidazole rings is 1. The molecule has 4 rings (SSSR count). The second kappa shape index (κ2) is 6.40. The first kappa shape index (κ1) is 15.4. The van der Waals surface area contributed by atoms with Gasteiger partial charge < -0.3 is 5.32 Å². The molecule has 4 heterocycles. The summed E-state index contributed by atoms with van der Waals surface area (Å²) >= 11 is 3.30. The Morgan fingerprint density at radius 3 is 3.04 bits per heavy atom. The number of aromatic nitrogens is 7. The third kappa shape index (κ3) is 3.24. The number of rotatable bonds is 4. The number of nitrogens with zero attached hydrogens (tertiary/aromatic N) is 7. The number of carbonyl (C=O) groups is 1. The third-order valence-corrected chi connectivity index (χ3v) is 3.81. The highest BCUT2D eigenvalue weighted by Gasteiger charge is 2.13. The minimum absolute atomic E-state index is 0.0643. The maximum Gasteiger partial charge on any atom is 0.291 e. The van der Waals surface area contributed by atoms with Gasteiger partial charge >= 0.3 is 0 Å². The molecule has 0 spiro atoms. The lowest BCUT2D eigenvalue weighted by Crippen LogP contribution is -2.24. The van der Waals surface area contributed by atoms with Crippen LogP contribution in [0.15, 0.2) is 53.9 Å². The molecule has 0 saturated heterocycles. The average molecular weight is 399 g/mol. The molecule has 0 aliphatic carbocycles. The first-order valence-corrected chi connectivity index (χ1v) is 8.08. The van der Waals surface area contributed by atoms with E-state index in [1.807, 2.05) is 12.1 Å². The minimum Gasteiger partial charge on any atom is -0.345 e. The van der Waals surface area contributed by atoms with Crippen LogP contribution in [0.25, 0.3) is 11.6 Å². The smallest absolute Gasteiger partial charge is 0.291 e. The molecule has 1 amide bonds. The molecule has 0 radical (unpaired) electrons. The van der Waals surface area contributed by atoms with Crippen LogP contribution in [0, 0.1) is 0 Å². The normalized spacial score (nSPS) is 10.9. The van der Waals surface area contributed by atoms with Crippen molar-refractivity contribution in [3.8, 4) is 5.82 Å². The second-order valence-corrected chi connectivity index (χ2v) is 6.04. The van der Waals surface area contributed by atoms with Crippen molar-refractivity contribution >= 4 is 27.6 Å². The fourth-order valence-corrected chi connectivity index (χ4v) is 2.52. The third-order valence-electron chi connectivity index (χ3n) is 3.40. The van der Waals surface area contributed by atoms with Crippen molar-refractivity contribution < 1.29 is 4.79 Å². The van der Waals surface area contributed by atoms with Gasteiger partial charge in [0.05, 0.1) is 4.47 Å². The van der Waals surface area contributed by atoms with Gasteiger partial charge in [0.1, 0.15) is 12.1 Å². The SMILES string of the molecule is O=C(NCc1ccnc(-n2ccnc2)c1)c1nc2ncc(Br)cn2n1. The zero-order chi connectivity index (χ0) is 17.2. The van der Waals surface area contributed by atoms with Crippen molar-refractivity contribution in [2.75, 3.05) is 0 Å². The Labute approximate surface area is 149 Å². The Hall–Kier alpha value is -3.14. The first-order chi connectivity index (χ1) is 12.2. The quantitative estimate of drug-likeness (QED) is 0.557. The van der Waals surface area contributed by atoms with Crippen LogP contribution in [-0.4, -0.2) is 40.0 Å².